The number of rotatable bonds is 4. The van der Waals surface area contributed by atoms with Crippen LogP contribution >= 0.6 is 0 Å². The molecule has 0 bridgehead atoms. The van der Waals surface area contributed by atoms with Gasteiger partial charge in [0.25, 0.3) is 0 Å². The number of halogens is 1. The fourth-order valence-corrected chi connectivity index (χ4v) is 0.998. The van der Waals surface area contributed by atoms with Crippen molar-refractivity contribution >= 4 is 18.3 Å². The highest BCUT2D eigenvalue weighted by Gasteiger charge is 1.87. The molecular weight excluding hydrogens is 221 g/mol. The van der Waals surface area contributed by atoms with E-state index < -0.39 is 6.03 Å². The molecule has 0 aromatic heterocycles. The van der Waals surface area contributed by atoms with Crippen LogP contribution in [0.15, 0.2) is 47.6 Å². The molecule has 0 saturated carbocycles. The Morgan fingerprint density at radius 2 is 1.94 bits per heavy atom. The standard InChI is InChI=1S/C12H12FN3O/c13-11-7-5-10(6-8-11)4-2-1-3-9-15-16-12(14)17/h1-9H,(H3,14,16,17). The number of nitrogens with one attached hydrogen (secondary N) is 1. The molecule has 1 aromatic rings. The van der Waals surface area contributed by atoms with Gasteiger partial charge in [-0.1, -0.05) is 30.4 Å². The maximum absolute atomic E-state index is 12.6. The fraction of sp³-hybridized carbons (Fsp3) is 0. The van der Waals surface area contributed by atoms with Crippen LogP contribution in [0.3, 0.4) is 0 Å². The topological polar surface area (TPSA) is 67.5 Å². The van der Waals surface area contributed by atoms with Gasteiger partial charge in [0.2, 0.25) is 0 Å². The SMILES string of the molecule is NC(=O)NN=CC=CC=Cc1ccc(F)cc1. The summed E-state index contributed by atoms with van der Waals surface area (Å²) in [5, 5.41) is 3.51. The molecule has 17 heavy (non-hydrogen) atoms. The second kappa shape index (κ2) is 6.95. The molecule has 0 fully saturated rings. The van der Waals surface area contributed by atoms with Crippen LogP contribution in [0, 0.1) is 5.82 Å². The minimum atomic E-state index is -0.712. The smallest absolute Gasteiger partial charge is 0.332 e. The summed E-state index contributed by atoms with van der Waals surface area (Å²) >= 11 is 0. The van der Waals surface area contributed by atoms with Gasteiger partial charge in [-0.2, -0.15) is 5.10 Å². The van der Waals surface area contributed by atoms with Crippen LogP contribution in [0.2, 0.25) is 0 Å². The molecule has 0 aliphatic heterocycles. The van der Waals surface area contributed by atoms with Crippen molar-refractivity contribution in [2.75, 3.05) is 0 Å². The van der Waals surface area contributed by atoms with Crippen molar-refractivity contribution in [3.63, 3.8) is 0 Å². The van der Waals surface area contributed by atoms with Crippen LogP contribution < -0.4 is 11.2 Å². The van der Waals surface area contributed by atoms with Gasteiger partial charge in [0, 0.05) is 6.21 Å². The van der Waals surface area contributed by atoms with Crippen molar-refractivity contribution in [2.24, 2.45) is 10.8 Å². The van der Waals surface area contributed by atoms with Crippen LogP contribution in [-0.2, 0) is 0 Å². The first-order valence-electron chi connectivity index (χ1n) is 4.86. The molecule has 0 radical (unpaired) electrons. The van der Waals surface area contributed by atoms with Gasteiger partial charge >= 0.3 is 6.03 Å². The highest BCUT2D eigenvalue weighted by molar-refractivity contribution is 5.76. The number of carbonyl (C=O) groups is 1. The van der Waals surface area contributed by atoms with Crippen molar-refractivity contribution in [3.05, 3.63) is 53.9 Å². The third-order valence-electron chi connectivity index (χ3n) is 1.72. The molecule has 0 aliphatic rings. The molecule has 3 N–H and O–H groups in total. The number of hydrazone groups is 1. The third kappa shape index (κ3) is 5.88. The minimum absolute atomic E-state index is 0.262. The van der Waals surface area contributed by atoms with E-state index in [1.807, 2.05) is 6.08 Å². The van der Waals surface area contributed by atoms with Crippen molar-refractivity contribution in [1.29, 1.82) is 0 Å². The largest absolute Gasteiger partial charge is 0.350 e. The summed E-state index contributed by atoms with van der Waals surface area (Å²) < 4.78 is 12.6. The van der Waals surface area contributed by atoms with Gasteiger partial charge in [-0.05, 0) is 23.8 Å². The van der Waals surface area contributed by atoms with E-state index >= 15 is 0 Å². The van der Waals surface area contributed by atoms with Crippen molar-refractivity contribution in [1.82, 2.24) is 5.43 Å². The minimum Gasteiger partial charge on any atom is -0.350 e. The van der Waals surface area contributed by atoms with E-state index in [-0.39, 0.29) is 5.82 Å². The Morgan fingerprint density at radius 1 is 1.24 bits per heavy atom. The van der Waals surface area contributed by atoms with Crippen LogP contribution in [0.1, 0.15) is 5.56 Å². The summed E-state index contributed by atoms with van der Waals surface area (Å²) in [5.41, 5.74) is 7.73. The fourth-order valence-electron chi connectivity index (χ4n) is 0.998. The number of carbonyl (C=O) groups excluding carboxylic acids is 1. The van der Waals surface area contributed by atoms with E-state index in [0.29, 0.717) is 0 Å². The molecule has 4 nitrogen and oxygen atoms in total. The van der Waals surface area contributed by atoms with Crippen LogP contribution in [0.5, 0.6) is 0 Å². The molecule has 0 spiro atoms. The normalized spacial score (nSPS) is 11.6. The van der Waals surface area contributed by atoms with E-state index in [1.165, 1.54) is 18.3 Å². The van der Waals surface area contributed by atoms with Gasteiger partial charge in [0.15, 0.2) is 0 Å². The van der Waals surface area contributed by atoms with Crippen LogP contribution in [0.25, 0.3) is 6.08 Å². The molecule has 0 heterocycles. The highest BCUT2D eigenvalue weighted by Crippen LogP contribution is 2.04. The molecule has 1 aromatic carbocycles. The van der Waals surface area contributed by atoms with Crippen LogP contribution in [-0.4, -0.2) is 12.2 Å². The summed E-state index contributed by atoms with van der Waals surface area (Å²) in [6, 6.07) is 5.41. The summed E-state index contributed by atoms with van der Waals surface area (Å²) in [6.07, 6.45) is 8.31. The van der Waals surface area contributed by atoms with Crippen LogP contribution in [0.4, 0.5) is 9.18 Å². The van der Waals surface area contributed by atoms with Gasteiger partial charge in [0.1, 0.15) is 5.82 Å². The molecule has 1 rings (SSSR count). The lowest BCUT2D eigenvalue weighted by Gasteiger charge is -1.90. The Bertz CT molecular complexity index is 449. The first-order valence-corrected chi connectivity index (χ1v) is 4.86. The number of nitrogens with two attached hydrogens (primary N) is 1. The van der Waals surface area contributed by atoms with E-state index in [4.69, 9.17) is 5.73 Å². The van der Waals surface area contributed by atoms with Gasteiger partial charge in [0.05, 0.1) is 0 Å². The maximum Gasteiger partial charge on any atom is 0.332 e. The summed E-state index contributed by atoms with van der Waals surface area (Å²) in [6.45, 7) is 0. The van der Waals surface area contributed by atoms with Crippen molar-refractivity contribution in [3.8, 4) is 0 Å². The second-order valence-corrected chi connectivity index (χ2v) is 3.05. The van der Waals surface area contributed by atoms with Gasteiger partial charge in [-0.25, -0.2) is 14.6 Å². The number of amides is 2. The molecule has 88 valence electrons. The average molecular weight is 233 g/mol. The van der Waals surface area contributed by atoms with E-state index in [0.717, 1.165) is 5.56 Å². The number of urea groups is 1. The predicted octanol–water partition coefficient (Wildman–Crippen LogP) is 2.05. The molecule has 0 aliphatic carbocycles. The van der Waals surface area contributed by atoms with Crippen molar-refractivity contribution < 1.29 is 9.18 Å². The van der Waals surface area contributed by atoms with E-state index in [2.05, 4.69) is 10.5 Å². The quantitative estimate of drug-likeness (QED) is 0.466. The number of hydrogen-bond donors (Lipinski definition) is 2. The average Bonchev–Trinajstić information content (AvgIpc) is 2.30. The molecular formula is C12H12FN3O. The lowest BCUT2D eigenvalue weighted by atomic mass is 10.2. The van der Waals surface area contributed by atoms with Gasteiger partial charge < -0.3 is 5.73 Å². The Kier molecular flexibility index (Phi) is 5.16. The Labute approximate surface area is 98.3 Å². The molecule has 0 atom stereocenters. The Morgan fingerprint density at radius 3 is 2.59 bits per heavy atom. The number of hydrogen-bond acceptors (Lipinski definition) is 2. The highest BCUT2D eigenvalue weighted by atomic mass is 19.1. The lowest BCUT2D eigenvalue weighted by Crippen LogP contribution is -2.24. The lowest BCUT2D eigenvalue weighted by molar-refractivity contribution is 0.249. The first-order chi connectivity index (χ1) is 8.18. The molecule has 2 amide bonds. The third-order valence-corrected chi connectivity index (χ3v) is 1.72. The number of nitrogens with zero attached hydrogens (tertiary/aromatic N) is 1. The zero-order chi connectivity index (χ0) is 12.5. The number of benzene rings is 1. The molecule has 0 unspecified atom stereocenters. The summed E-state index contributed by atoms with van der Waals surface area (Å²) in [5.74, 6) is -0.262. The zero-order valence-corrected chi connectivity index (χ0v) is 9.01. The van der Waals surface area contributed by atoms with Gasteiger partial charge in [-0.15, -0.1) is 0 Å². The Hall–Kier alpha value is -2.43. The second-order valence-electron chi connectivity index (χ2n) is 3.05. The number of allylic oxidation sites excluding steroid dienone is 3. The first kappa shape index (κ1) is 12.6. The van der Waals surface area contributed by atoms with E-state index in [1.54, 1.807) is 30.4 Å². The molecule has 0 saturated heterocycles. The van der Waals surface area contributed by atoms with Crippen molar-refractivity contribution in [2.45, 2.75) is 0 Å². The Balaban J connectivity index is 2.39. The maximum atomic E-state index is 12.6. The monoisotopic (exact) mass is 233 g/mol. The van der Waals surface area contributed by atoms with E-state index in [9.17, 15) is 9.18 Å². The number of primary amides is 1. The summed E-state index contributed by atoms with van der Waals surface area (Å²) in [7, 11) is 0. The van der Waals surface area contributed by atoms with Gasteiger partial charge in [-0.3, -0.25) is 0 Å². The molecule has 5 heteroatoms. The zero-order valence-electron chi connectivity index (χ0n) is 9.01. The predicted molar refractivity (Wildman–Crippen MR) is 65.8 cm³/mol. The summed E-state index contributed by atoms with van der Waals surface area (Å²) in [4.78, 5) is 10.2.